The van der Waals surface area contributed by atoms with E-state index in [2.05, 4.69) is 26.3 Å². The molecule has 1 heterocycles. The number of esters is 1. The Bertz CT molecular complexity index is 976. The second-order valence-electron chi connectivity index (χ2n) is 8.81. The van der Waals surface area contributed by atoms with Crippen LogP contribution < -0.4 is 16.0 Å². The maximum Gasteiger partial charge on any atom is 0.302 e. The van der Waals surface area contributed by atoms with E-state index in [1.807, 2.05) is 27.0 Å². The molecule has 0 bridgehead atoms. The van der Waals surface area contributed by atoms with Crippen molar-refractivity contribution in [2.24, 2.45) is 5.92 Å². The Morgan fingerprint density at radius 1 is 1.06 bits per heavy atom. The summed E-state index contributed by atoms with van der Waals surface area (Å²) < 4.78 is 12.3. The summed E-state index contributed by atoms with van der Waals surface area (Å²) in [6.45, 7) is 11.1. The van der Waals surface area contributed by atoms with Gasteiger partial charge in [-0.1, -0.05) is 38.1 Å². The van der Waals surface area contributed by atoms with Gasteiger partial charge in [-0.2, -0.15) is 0 Å². The van der Waals surface area contributed by atoms with Crippen molar-refractivity contribution in [3.8, 4) is 0 Å². The number of ether oxygens (including phenoxy) is 2. The molecule has 198 valence electrons. The normalized spacial score (nSPS) is 12.7. The van der Waals surface area contributed by atoms with E-state index in [0.29, 0.717) is 32.0 Å². The SMILES string of the molecule is CCc1cn(CCOCCN[C@H](C(=O)N[C@@H](C)C(=O)Nc2ccc(COC(C)=O)cc2)C(C)C)nn1. The van der Waals surface area contributed by atoms with Gasteiger partial charge in [0.05, 0.1) is 31.5 Å². The number of benzene rings is 1. The fourth-order valence-corrected chi connectivity index (χ4v) is 3.28. The molecule has 0 fully saturated rings. The third-order valence-corrected chi connectivity index (χ3v) is 5.39. The molecule has 11 heteroatoms. The summed E-state index contributed by atoms with van der Waals surface area (Å²) in [7, 11) is 0. The van der Waals surface area contributed by atoms with Gasteiger partial charge >= 0.3 is 5.97 Å². The highest BCUT2D eigenvalue weighted by Crippen LogP contribution is 2.11. The molecule has 0 unspecified atom stereocenters. The topological polar surface area (TPSA) is 136 Å². The zero-order valence-corrected chi connectivity index (χ0v) is 21.7. The van der Waals surface area contributed by atoms with Crippen molar-refractivity contribution in [2.75, 3.05) is 25.1 Å². The molecule has 0 aliphatic rings. The standard InChI is InChI=1S/C25H38N6O5/c1-6-21-15-31(30-29-21)12-14-35-13-11-26-23(17(2)3)25(34)27-18(4)24(33)28-22-9-7-20(8-10-22)16-36-19(5)32/h7-10,15,17-18,23,26H,6,11-14,16H2,1-5H3,(H,27,34)(H,28,33)/t18-,23-/m0/s1. The zero-order chi connectivity index (χ0) is 26.5. The van der Waals surface area contributed by atoms with Crippen LogP contribution in [0.2, 0.25) is 0 Å². The van der Waals surface area contributed by atoms with Crippen molar-refractivity contribution in [3.05, 3.63) is 41.7 Å². The van der Waals surface area contributed by atoms with E-state index in [1.54, 1.807) is 35.9 Å². The van der Waals surface area contributed by atoms with Crippen molar-refractivity contribution in [1.82, 2.24) is 25.6 Å². The molecule has 0 radical (unpaired) electrons. The van der Waals surface area contributed by atoms with Gasteiger partial charge in [0, 0.05) is 25.4 Å². The number of amides is 2. The Kier molecular flexibility index (Phi) is 12.0. The second kappa shape index (κ2) is 14.9. The number of hydrogen-bond acceptors (Lipinski definition) is 8. The molecule has 1 aromatic heterocycles. The van der Waals surface area contributed by atoms with E-state index in [9.17, 15) is 14.4 Å². The number of rotatable bonds is 15. The van der Waals surface area contributed by atoms with E-state index in [-0.39, 0.29) is 30.3 Å². The molecule has 2 rings (SSSR count). The summed E-state index contributed by atoms with van der Waals surface area (Å²) in [5.41, 5.74) is 2.34. The molecule has 36 heavy (non-hydrogen) atoms. The quantitative estimate of drug-likeness (QED) is 0.247. The number of hydrogen-bond donors (Lipinski definition) is 3. The highest BCUT2D eigenvalue weighted by Gasteiger charge is 2.25. The lowest BCUT2D eigenvalue weighted by Gasteiger charge is -2.24. The van der Waals surface area contributed by atoms with Gasteiger partial charge in [-0.05, 0) is 37.0 Å². The minimum absolute atomic E-state index is 0.0210. The third kappa shape index (κ3) is 10.1. The van der Waals surface area contributed by atoms with Gasteiger partial charge in [-0.3, -0.25) is 14.4 Å². The van der Waals surface area contributed by atoms with Gasteiger partial charge in [0.1, 0.15) is 12.6 Å². The first-order valence-electron chi connectivity index (χ1n) is 12.2. The van der Waals surface area contributed by atoms with Crippen LogP contribution in [0.15, 0.2) is 30.5 Å². The molecule has 3 N–H and O–H groups in total. The summed E-state index contributed by atoms with van der Waals surface area (Å²) in [4.78, 5) is 36.3. The predicted octanol–water partition coefficient (Wildman–Crippen LogP) is 1.68. The Labute approximate surface area is 212 Å². The van der Waals surface area contributed by atoms with E-state index < -0.39 is 12.1 Å². The van der Waals surface area contributed by atoms with Gasteiger partial charge in [0.2, 0.25) is 11.8 Å². The molecule has 0 aliphatic heterocycles. The predicted molar refractivity (Wildman–Crippen MR) is 135 cm³/mol. The zero-order valence-electron chi connectivity index (χ0n) is 21.7. The number of nitrogens with one attached hydrogen (secondary N) is 3. The van der Waals surface area contributed by atoms with E-state index in [0.717, 1.165) is 17.7 Å². The van der Waals surface area contributed by atoms with E-state index >= 15 is 0 Å². The fourth-order valence-electron chi connectivity index (χ4n) is 3.28. The summed E-state index contributed by atoms with van der Waals surface area (Å²) in [5.74, 6) is -0.916. The lowest BCUT2D eigenvalue weighted by molar-refractivity contribution is -0.142. The smallest absolute Gasteiger partial charge is 0.302 e. The van der Waals surface area contributed by atoms with Crippen molar-refractivity contribution in [3.63, 3.8) is 0 Å². The van der Waals surface area contributed by atoms with Crippen molar-refractivity contribution in [2.45, 2.75) is 66.3 Å². The first-order chi connectivity index (χ1) is 17.2. The molecule has 0 aliphatic carbocycles. The van der Waals surface area contributed by atoms with Crippen molar-refractivity contribution in [1.29, 1.82) is 0 Å². The van der Waals surface area contributed by atoms with Crippen LogP contribution in [0.5, 0.6) is 0 Å². The number of anilines is 1. The molecular formula is C25H38N6O5. The Morgan fingerprint density at radius 3 is 2.39 bits per heavy atom. The third-order valence-electron chi connectivity index (χ3n) is 5.39. The summed E-state index contributed by atoms with van der Waals surface area (Å²) in [5, 5.41) is 16.8. The number of nitrogens with zero attached hydrogens (tertiary/aromatic N) is 3. The molecule has 1 aromatic carbocycles. The van der Waals surface area contributed by atoms with Gasteiger partial charge in [0.25, 0.3) is 0 Å². The summed E-state index contributed by atoms with van der Waals surface area (Å²) in [6.07, 6.45) is 2.74. The number of carbonyl (C=O) groups excluding carboxylic acids is 3. The molecule has 0 saturated heterocycles. The van der Waals surface area contributed by atoms with Crippen LogP contribution in [-0.4, -0.2) is 64.6 Å². The number of aromatic nitrogens is 3. The second-order valence-corrected chi connectivity index (χ2v) is 8.81. The first kappa shape index (κ1) is 28.9. The van der Waals surface area contributed by atoms with Crippen molar-refractivity contribution >= 4 is 23.5 Å². The maximum absolute atomic E-state index is 12.8. The summed E-state index contributed by atoms with van der Waals surface area (Å²) >= 11 is 0. The van der Waals surface area contributed by atoms with Gasteiger partial charge in [-0.25, -0.2) is 4.68 Å². The van der Waals surface area contributed by atoms with E-state index in [4.69, 9.17) is 9.47 Å². The van der Waals surface area contributed by atoms with Gasteiger partial charge < -0.3 is 25.4 Å². The molecule has 2 aromatic rings. The van der Waals surface area contributed by atoms with Crippen LogP contribution in [-0.2, 0) is 43.4 Å². The lowest BCUT2D eigenvalue weighted by Crippen LogP contribution is -2.52. The highest BCUT2D eigenvalue weighted by molar-refractivity contribution is 5.97. The Hall–Kier alpha value is -3.31. The van der Waals surface area contributed by atoms with Crippen LogP contribution in [0.1, 0.15) is 45.9 Å². The van der Waals surface area contributed by atoms with E-state index in [1.165, 1.54) is 6.92 Å². The van der Waals surface area contributed by atoms with Gasteiger partial charge in [-0.15, -0.1) is 5.10 Å². The minimum atomic E-state index is -0.729. The number of aryl methyl sites for hydroxylation is 1. The Balaban J connectivity index is 1.72. The summed E-state index contributed by atoms with van der Waals surface area (Å²) in [6, 6.07) is 5.76. The largest absolute Gasteiger partial charge is 0.461 e. The molecule has 2 atom stereocenters. The highest BCUT2D eigenvalue weighted by atomic mass is 16.5. The fraction of sp³-hybridized carbons (Fsp3) is 0.560. The monoisotopic (exact) mass is 502 g/mol. The van der Waals surface area contributed by atoms with Crippen LogP contribution in [0, 0.1) is 5.92 Å². The lowest BCUT2D eigenvalue weighted by atomic mass is 10.0. The minimum Gasteiger partial charge on any atom is -0.461 e. The average Bonchev–Trinajstić information content (AvgIpc) is 3.30. The molecular weight excluding hydrogens is 464 g/mol. The molecule has 2 amide bonds. The molecule has 0 spiro atoms. The van der Waals surface area contributed by atoms with Crippen LogP contribution in [0.4, 0.5) is 5.69 Å². The van der Waals surface area contributed by atoms with Crippen molar-refractivity contribution < 1.29 is 23.9 Å². The van der Waals surface area contributed by atoms with Crippen LogP contribution in [0.3, 0.4) is 0 Å². The molecule has 0 saturated carbocycles. The van der Waals surface area contributed by atoms with Gasteiger partial charge in [0.15, 0.2) is 0 Å². The van der Waals surface area contributed by atoms with Crippen LogP contribution >= 0.6 is 0 Å². The maximum atomic E-state index is 12.8. The van der Waals surface area contributed by atoms with Crippen LogP contribution in [0.25, 0.3) is 0 Å². The number of carbonyl (C=O) groups is 3. The average molecular weight is 503 g/mol. The molecule has 11 nitrogen and oxygen atoms in total. The first-order valence-corrected chi connectivity index (χ1v) is 12.2. The Morgan fingerprint density at radius 2 is 1.78 bits per heavy atom.